The molecule has 0 spiro atoms. The molecule has 1 atom stereocenters. The fourth-order valence-electron chi connectivity index (χ4n) is 2.59. The SMILES string of the molecule is CNCC1(C)CCC(=O)C(C)(C)C1.Cl. The molecule has 0 aromatic carbocycles. The van der Waals surface area contributed by atoms with Crippen molar-refractivity contribution in [3.63, 3.8) is 0 Å². The number of halogens is 1. The van der Waals surface area contributed by atoms with Crippen LogP contribution in [0, 0.1) is 10.8 Å². The highest BCUT2D eigenvalue weighted by molar-refractivity contribution is 5.85. The van der Waals surface area contributed by atoms with Gasteiger partial charge >= 0.3 is 0 Å². The summed E-state index contributed by atoms with van der Waals surface area (Å²) in [5, 5.41) is 3.22. The molecular formula is C11H22ClNO. The topological polar surface area (TPSA) is 29.1 Å². The predicted octanol–water partition coefficient (Wildman–Crippen LogP) is 2.41. The summed E-state index contributed by atoms with van der Waals surface area (Å²) in [4.78, 5) is 11.6. The molecule has 0 aromatic heterocycles. The molecule has 1 aliphatic rings. The Morgan fingerprint density at radius 2 is 1.93 bits per heavy atom. The third-order valence-electron chi connectivity index (χ3n) is 3.18. The lowest BCUT2D eigenvalue weighted by molar-refractivity contribution is -0.132. The maximum absolute atomic E-state index is 11.6. The van der Waals surface area contributed by atoms with Crippen molar-refractivity contribution in [3.05, 3.63) is 0 Å². The van der Waals surface area contributed by atoms with Gasteiger partial charge in [0.1, 0.15) is 5.78 Å². The number of hydrogen-bond donors (Lipinski definition) is 1. The lowest BCUT2D eigenvalue weighted by Gasteiger charge is -2.41. The summed E-state index contributed by atoms with van der Waals surface area (Å²) in [6.45, 7) is 7.44. The Kier molecular flexibility index (Phi) is 4.60. The second-order valence-corrected chi connectivity index (χ2v) is 5.32. The van der Waals surface area contributed by atoms with Gasteiger partial charge < -0.3 is 5.32 Å². The van der Waals surface area contributed by atoms with Crippen LogP contribution >= 0.6 is 12.4 Å². The van der Waals surface area contributed by atoms with Crippen molar-refractivity contribution >= 4 is 18.2 Å². The van der Waals surface area contributed by atoms with Crippen LogP contribution in [0.3, 0.4) is 0 Å². The molecule has 0 aromatic rings. The number of carbonyl (C=O) groups is 1. The maximum Gasteiger partial charge on any atom is 0.138 e. The molecule has 0 heterocycles. The highest BCUT2D eigenvalue weighted by atomic mass is 35.5. The van der Waals surface area contributed by atoms with E-state index in [0.717, 1.165) is 25.8 Å². The first-order valence-electron chi connectivity index (χ1n) is 5.08. The number of ketones is 1. The van der Waals surface area contributed by atoms with E-state index in [1.807, 2.05) is 7.05 Å². The first kappa shape index (κ1) is 13.9. The van der Waals surface area contributed by atoms with Crippen molar-refractivity contribution in [2.45, 2.75) is 40.0 Å². The van der Waals surface area contributed by atoms with Crippen molar-refractivity contribution in [1.29, 1.82) is 0 Å². The van der Waals surface area contributed by atoms with Crippen molar-refractivity contribution in [2.75, 3.05) is 13.6 Å². The van der Waals surface area contributed by atoms with Gasteiger partial charge in [-0.1, -0.05) is 20.8 Å². The lowest BCUT2D eigenvalue weighted by atomic mass is 9.64. The van der Waals surface area contributed by atoms with Crippen LogP contribution in [0.2, 0.25) is 0 Å². The lowest BCUT2D eigenvalue weighted by Crippen LogP contribution is -2.42. The summed E-state index contributed by atoms with van der Waals surface area (Å²) in [5.41, 5.74) is 0.204. The summed E-state index contributed by atoms with van der Waals surface area (Å²) in [5.74, 6) is 0.432. The van der Waals surface area contributed by atoms with Gasteiger partial charge in [-0.15, -0.1) is 12.4 Å². The zero-order valence-corrected chi connectivity index (χ0v) is 10.5. The Morgan fingerprint density at radius 1 is 1.36 bits per heavy atom. The van der Waals surface area contributed by atoms with E-state index in [2.05, 4.69) is 26.1 Å². The van der Waals surface area contributed by atoms with Gasteiger partial charge in [0.25, 0.3) is 0 Å². The smallest absolute Gasteiger partial charge is 0.138 e. The fraction of sp³-hybridized carbons (Fsp3) is 0.909. The zero-order valence-electron chi connectivity index (χ0n) is 9.64. The van der Waals surface area contributed by atoms with Gasteiger partial charge in [0.05, 0.1) is 0 Å². The molecule has 3 heteroatoms. The quantitative estimate of drug-likeness (QED) is 0.773. The third-order valence-corrected chi connectivity index (χ3v) is 3.18. The van der Waals surface area contributed by atoms with Gasteiger partial charge in [-0.05, 0) is 25.3 Å². The summed E-state index contributed by atoms with van der Waals surface area (Å²) in [7, 11) is 1.98. The van der Waals surface area contributed by atoms with E-state index in [1.165, 1.54) is 0 Å². The normalized spacial score (nSPS) is 31.0. The molecule has 1 rings (SSSR count). The maximum atomic E-state index is 11.6. The Balaban J connectivity index is 0.00000169. The van der Waals surface area contributed by atoms with E-state index in [4.69, 9.17) is 0 Å². The van der Waals surface area contributed by atoms with E-state index in [9.17, 15) is 4.79 Å². The van der Waals surface area contributed by atoms with Gasteiger partial charge in [-0.25, -0.2) is 0 Å². The van der Waals surface area contributed by atoms with Crippen molar-refractivity contribution < 1.29 is 4.79 Å². The molecular weight excluding hydrogens is 198 g/mol. The second kappa shape index (κ2) is 4.63. The molecule has 1 saturated carbocycles. The molecule has 1 aliphatic carbocycles. The van der Waals surface area contributed by atoms with Crippen molar-refractivity contribution in [1.82, 2.24) is 5.32 Å². The Morgan fingerprint density at radius 3 is 2.36 bits per heavy atom. The number of carbonyl (C=O) groups excluding carboxylic acids is 1. The predicted molar refractivity (Wildman–Crippen MR) is 61.9 cm³/mol. The van der Waals surface area contributed by atoms with Gasteiger partial charge in [0.2, 0.25) is 0 Å². The minimum absolute atomic E-state index is 0. The largest absolute Gasteiger partial charge is 0.319 e. The third kappa shape index (κ3) is 2.96. The van der Waals surface area contributed by atoms with Gasteiger partial charge in [0, 0.05) is 18.4 Å². The van der Waals surface area contributed by atoms with E-state index in [-0.39, 0.29) is 17.8 Å². The Hall–Kier alpha value is -0.0800. The van der Waals surface area contributed by atoms with E-state index >= 15 is 0 Å². The minimum atomic E-state index is -0.107. The number of hydrogen-bond acceptors (Lipinski definition) is 2. The molecule has 0 bridgehead atoms. The standard InChI is InChI=1S/C11H21NO.ClH/c1-10(2)7-11(3,8-12-4)6-5-9(10)13;/h12H,5-8H2,1-4H3;1H. The average Bonchev–Trinajstić information content (AvgIpc) is 1.97. The molecule has 1 fully saturated rings. The van der Waals surface area contributed by atoms with Crippen molar-refractivity contribution in [3.8, 4) is 0 Å². The fourth-order valence-corrected chi connectivity index (χ4v) is 2.59. The van der Waals surface area contributed by atoms with E-state index in [0.29, 0.717) is 11.2 Å². The molecule has 1 unspecified atom stereocenters. The van der Waals surface area contributed by atoms with Crippen LogP contribution in [0.5, 0.6) is 0 Å². The van der Waals surface area contributed by atoms with Gasteiger partial charge in [-0.2, -0.15) is 0 Å². The summed E-state index contributed by atoms with van der Waals surface area (Å²) >= 11 is 0. The molecule has 2 nitrogen and oxygen atoms in total. The van der Waals surface area contributed by atoms with Crippen LogP contribution in [-0.4, -0.2) is 19.4 Å². The Bertz CT molecular complexity index is 215. The molecule has 0 amide bonds. The second-order valence-electron chi connectivity index (χ2n) is 5.32. The molecule has 0 aliphatic heterocycles. The van der Waals surface area contributed by atoms with Gasteiger partial charge in [0.15, 0.2) is 0 Å². The Labute approximate surface area is 93.2 Å². The van der Waals surface area contributed by atoms with Crippen LogP contribution in [0.1, 0.15) is 40.0 Å². The van der Waals surface area contributed by atoms with Crippen molar-refractivity contribution in [2.24, 2.45) is 10.8 Å². The number of nitrogens with one attached hydrogen (secondary N) is 1. The van der Waals surface area contributed by atoms with E-state index in [1.54, 1.807) is 0 Å². The zero-order chi connectivity index (χ0) is 10.1. The highest BCUT2D eigenvalue weighted by Crippen LogP contribution is 2.43. The average molecular weight is 220 g/mol. The van der Waals surface area contributed by atoms with Crippen LogP contribution in [0.25, 0.3) is 0 Å². The van der Waals surface area contributed by atoms with Crippen LogP contribution < -0.4 is 5.32 Å². The number of Topliss-reactive ketones (excluding diaryl/α,β-unsaturated/α-hetero) is 1. The summed E-state index contributed by atoms with van der Waals surface area (Å²) in [6, 6.07) is 0. The molecule has 0 radical (unpaired) electrons. The first-order valence-corrected chi connectivity index (χ1v) is 5.08. The molecule has 14 heavy (non-hydrogen) atoms. The van der Waals surface area contributed by atoms with E-state index < -0.39 is 0 Å². The first-order chi connectivity index (χ1) is 5.90. The van der Waals surface area contributed by atoms with Gasteiger partial charge in [-0.3, -0.25) is 4.79 Å². The molecule has 84 valence electrons. The molecule has 0 saturated heterocycles. The monoisotopic (exact) mass is 219 g/mol. The van der Waals surface area contributed by atoms with Crippen LogP contribution in [0.15, 0.2) is 0 Å². The summed E-state index contributed by atoms with van der Waals surface area (Å²) < 4.78 is 0. The molecule has 1 N–H and O–H groups in total. The van der Waals surface area contributed by atoms with Crippen LogP contribution in [0.4, 0.5) is 0 Å². The van der Waals surface area contributed by atoms with Crippen LogP contribution in [-0.2, 0) is 4.79 Å². The number of rotatable bonds is 2. The highest BCUT2D eigenvalue weighted by Gasteiger charge is 2.41. The minimum Gasteiger partial charge on any atom is -0.319 e. The summed E-state index contributed by atoms with van der Waals surface area (Å²) in [6.07, 6.45) is 2.81.